The van der Waals surface area contributed by atoms with Crippen LogP contribution in [0.2, 0.25) is 0 Å². The lowest BCUT2D eigenvalue weighted by Crippen LogP contribution is -2.34. The van der Waals surface area contributed by atoms with Crippen molar-refractivity contribution in [2.75, 3.05) is 39.7 Å². The molecule has 2 heterocycles. The van der Waals surface area contributed by atoms with E-state index in [1.807, 2.05) is 18.2 Å². The topological polar surface area (TPSA) is 65.1 Å². The molecule has 0 bridgehead atoms. The van der Waals surface area contributed by atoms with Crippen molar-refractivity contribution in [3.8, 4) is 11.5 Å². The summed E-state index contributed by atoms with van der Waals surface area (Å²) in [6, 6.07) is 15.2. The summed E-state index contributed by atoms with van der Waals surface area (Å²) in [4.78, 5) is 2.58. The van der Waals surface area contributed by atoms with E-state index < -0.39 is 10.1 Å². The molecule has 0 aromatic heterocycles. The van der Waals surface area contributed by atoms with Gasteiger partial charge in [0.05, 0.1) is 26.6 Å². The van der Waals surface area contributed by atoms with Crippen LogP contribution in [0.3, 0.4) is 0 Å². The first-order valence-corrected chi connectivity index (χ1v) is 12.3. The molecule has 0 saturated carbocycles. The van der Waals surface area contributed by atoms with Gasteiger partial charge in [-0.05, 0) is 60.3 Å². The predicted octanol–water partition coefficient (Wildman–Crippen LogP) is 3.72. The predicted molar refractivity (Wildman–Crippen MR) is 116 cm³/mol. The molecule has 162 valence electrons. The molecule has 7 heteroatoms. The molecule has 0 aliphatic carbocycles. The van der Waals surface area contributed by atoms with E-state index in [1.165, 1.54) is 29.5 Å². The summed E-state index contributed by atoms with van der Waals surface area (Å²) >= 11 is 0. The van der Waals surface area contributed by atoms with Crippen molar-refractivity contribution in [3.05, 3.63) is 59.2 Å². The van der Waals surface area contributed by atoms with E-state index in [0.717, 1.165) is 30.8 Å². The first-order valence-electron chi connectivity index (χ1n) is 10.4. The summed E-state index contributed by atoms with van der Waals surface area (Å²) in [7, 11) is -1.71. The highest BCUT2D eigenvalue weighted by Gasteiger charge is 2.36. The van der Waals surface area contributed by atoms with E-state index in [9.17, 15) is 8.42 Å². The van der Waals surface area contributed by atoms with E-state index in [1.54, 1.807) is 7.11 Å². The van der Waals surface area contributed by atoms with Gasteiger partial charge in [0.25, 0.3) is 10.1 Å². The van der Waals surface area contributed by atoms with Gasteiger partial charge in [-0.3, -0.25) is 9.08 Å². The summed E-state index contributed by atoms with van der Waals surface area (Å²) in [5, 5.41) is 0. The fraction of sp³-hybridized carbons (Fsp3) is 0.478. The smallest absolute Gasteiger partial charge is 0.264 e. The lowest BCUT2D eigenvalue weighted by Gasteiger charge is -2.37. The van der Waals surface area contributed by atoms with Gasteiger partial charge in [-0.1, -0.05) is 18.2 Å². The number of ether oxygens (including phenoxy) is 2. The van der Waals surface area contributed by atoms with Crippen LogP contribution < -0.4 is 9.47 Å². The van der Waals surface area contributed by atoms with Gasteiger partial charge >= 0.3 is 0 Å². The highest BCUT2D eigenvalue weighted by atomic mass is 32.2. The number of benzene rings is 2. The molecule has 0 spiro atoms. The Hall–Kier alpha value is -2.09. The molecular formula is C23H29NO5S. The molecule has 2 aliphatic heterocycles. The monoisotopic (exact) mass is 431 g/mol. The summed E-state index contributed by atoms with van der Waals surface area (Å²) in [6.45, 7) is 2.72. The van der Waals surface area contributed by atoms with Crippen LogP contribution in [0.5, 0.6) is 11.5 Å². The van der Waals surface area contributed by atoms with Crippen LogP contribution in [0.25, 0.3) is 0 Å². The lowest BCUT2D eigenvalue weighted by molar-refractivity contribution is 0.227. The van der Waals surface area contributed by atoms with Crippen LogP contribution in [0.4, 0.5) is 0 Å². The average Bonchev–Trinajstić information content (AvgIpc) is 3.21. The Morgan fingerprint density at radius 2 is 1.80 bits per heavy atom. The number of hydrogen-bond donors (Lipinski definition) is 0. The maximum absolute atomic E-state index is 11.0. The minimum Gasteiger partial charge on any atom is -0.497 e. The van der Waals surface area contributed by atoms with Crippen LogP contribution >= 0.6 is 0 Å². The quantitative estimate of drug-likeness (QED) is 0.469. The Labute approximate surface area is 178 Å². The third-order valence-corrected chi connectivity index (χ3v) is 6.54. The number of nitrogens with zero attached hydrogens (tertiary/aromatic N) is 1. The number of hydrogen-bond acceptors (Lipinski definition) is 6. The Kier molecular flexibility index (Phi) is 6.32. The van der Waals surface area contributed by atoms with Crippen molar-refractivity contribution in [3.63, 3.8) is 0 Å². The molecule has 0 N–H and O–H groups in total. The number of rotatable bonds is 8. The van der Waals surface area contributed by atoms with Crippen molar-refractivity contribution in [1.82, 2.24) is 4.90 Å². The molecule has 2 aromatic rings. The Morgan fingerprint density at radius 3 is 2.53 bits per heavy atom. The highest BCUT2D eigenvalue weighted by Crippen LogP contribution is 2.45. The highest BCUT2D eigenvalue weighted by molar-refractivity contribution is 7.85. The zero-order valence-corrected chi connectivity index (χ0v) is 18.4. The molecule has 4 rings (SSSR count). The van der Waals surface area contributed by atoms with Gasteiger partial charge in [0, 0.05) is 24.9 Å². The number of fused-ring (bicyclic) bond motifs is 3. The van der Waals surface area contributed by atoms with E-state index in [-0.39, 0.29) is 6.61 Å². The second kappa shape index (κ2) is 8.96. The SMILES string of the molecule is COc1ccc([C@@H]2CN3CCC[C@H]3c3cc(OCCCOS(C)(=O)=O)ccc32)cc1. The van der Waals surface area contributed by atoms with Gasteiger partial charge in [0.1, 0.15) is 11.5 Å². The van der Waals surface area contributed by atoms with Gasteiger partial charge in [0.2, 0.25) is 0 Å². The van der Waals surface area contributed by atoms with Crippen molar-refractivity contribution in [1.29, 1.82) is 0 Å². The van der Waals surface area contributed by atoms with E-state index in [4.69, 9.17) is 13.7 Å². The summed E-state index contributed by atoms with van der Waals surface area (Å²) in [5.74, 6) is 2.03. The molecular weight excluding hydrogens is 402 g/mol. The number of methoxy groups -OCH3 is 1. The second-order valence-corrected chi connectivity index (χ2v) is 9.64. The third-order valence-electron chi connectivity index (χ3n) is 5.95. The Morgan fingerprint density at radius 1 is 1.03 bits per heavy atom. The van der Waals surface area contributed by atoms with E-state index >= 15 is 0 Å². The molecule has 1 saturated heterocycles. The van der Waals surface area contributed by atoms with Crippen LogP contribution in [0.15, 0.2) is 42.5 Å². The van der Waals surface area contributed by atoms with Crippen molar-refractivity contribution in [2.45, 2.75) is 31.2 Å². The van der Waals surface area contributed by atoms with Crippen LogP contribution in [0.1, 0.15) is 47.9 Å². The molecule has 0 amide bonds. The summed E-state index contributed by atoms with van der Waals surface area (Å²) < 4.78 is 38.1. The molecule has 30 heavy (non-hydrogen) atoms. The van der Waals surface area contributed by atoms with Crippen LogP contribution in [0, 0.1) is 0 Å². The van der Waals surface area contributed by atoms with Gasteiger partial charge in [-0.25, -0.2) is 0 Å². The fourth-order valence-corrected chi connectivity index (χ4v) is 4.98. The summed E-state index contributed by atoms with van der Waals surface area (Å²) in [5.41, 5.74) is 4.02. The van der Waals surface area contributed by atoms with Crippen molar-refractivity contribution in [2.24, 2.45) is 0 Å². The van der Waals surface area contributed by atoms with Gasteiger partial charge in [0.15, 0.2) is 0 Å². The van der Waals surface area contributed by atoms with Crippen molar-refractivity contribution >= 4 is 10.1 Å². The average molecular weight is 432 g/mol. The Bertz CT molecular complexity index is 974. The molecule has 2 atom stereocenters. The minimum atomic E-state index is -3.40. The van der Waals surface area contributed by atoms with Crippen LogP contribution in [-0.4, -0.2) is 53.0 Å². The maximum atomic E-state index is 11.0. The van der Waals surface area contributed by atoms with Crippen molar-refractivity contribution < 1.29 is 22.1 Å². The summed E-state index contributed by atoms with van der Waals surface area (Å²) in [6.07, 6.45) is 3.97. The van der Waals surface area contributed by atoms with Gasteiger partial charge < -0.3 is 9.47 Å². The van der Waals surface area contributed by atoms with Gasteiger partial charge in [-0.15, -0.1) is 0 Å². The maximum Gasteiger partial charge on any atom is 0.264 e. The lowest BCUT2D eigenvalue weighted by atomic mass is 9.81. The molecule has 0 unspecified atom stereocenters. The van der Waals surface area contributed by atoms with Crippen LogP contribution in [-0.2, 0) is 14.3 Å². The normalized spacial score (nSPS) is 21.1. The molecule has 2 aromatic carbocycles. The largest absolute Gasteiger partial charge is 0.497 e. The first-order chi connectivity index (χ1) is 14.4. The standard InChI is InChI=1S/C23H29NO5S/c1-27-18-8-6-17(7-9-18)22-16-24-12-3-5-23(24)21-15-19(10-11-20(21)22)28-13-4-14-29-30(2,25)26/h6-11,15,22-23H,3-5,12-14,16H2,1-2H3/t22-,23-/m0/s1. The van der Waals surface area contributed by atoms with E-state index in [2.05, 4.69) is 29.2 Å². The second-order valence-electron chi connectivity index (χ2n) is 8.00. The third kappa shape index (κ3) is 4.79. The molecule has 0 radical (unpaired) electrons. The fourth-order valence-electron chi connectivity index (χ4n) is 4.56. The zero-order valence-electron chi connectivity index (χ0n) is 17.5. The van der Waals surface area contributed by atoms with E-state index in [0.29, 0.717) is 25.0 Å². The molecule has 1 fully saturated rings. The minimum absolute atomic E-state index is 0.139. The molecule has 2 aliphatic rings. The van der Waals surface area contributed by atoms with Gasteiger partial charge in [-0.2, -0.15) is 8.42 Å². The first kappa shape index (κ1) is 21.2. The Balaban J connectivity index is 1.51. The zero-order chi connectivity index (χ0) is 21.1. The molecule has 6 nitrogen and oxygen atoms in total.